The molecule has 0 spiro atoms. The van der Waals surface area contributed by atoms with Crippen LogP contribution in [0.25, 0.3) is 11.0 Å². The SMILES string of the molecule is Cc1ccc(S(=O)(=O)n2ccc3c(=O)[nH]c(Cl)nc32)cc1. The van der Waals surface area contributed by atoms with Crippen LogP contribution in [0.4, 0.5) is 0 Å². The van der Waals surface area contributed by atoms with Gasteiger partial charge in [0, 0.05) is 6.20 Å². The molecule has 0 unspecified atom stereocenters. The van der Waals surface area contributed by atoms with E-state index >= 15 is 0 Å². The van der Waals surface area contributed by atoms with Crippen molar-refractivity contribution in [1.82, 2.24) is 13.9 Å². The maximum atomic E-state index is 12.6. The number of H-pyrrole nitrogens is 1. The van der Waals surface area contributed by atoms with E-state index in [4.69, 9.17) is 11.6 Å². The number of hydrogen-bond donors (Lipinski definition) is 1. The van der Waals surface area contributed by atoms with Crippen molar-refractivity contribution in [2.75, 3.05) is 0 Å². The molecule has 0 aliphatic heterocycles. The van der Waals surface area contributed by atoms with E-state index < -0.39 is 15.6 Å². The van der Waals surface area contributed by atoms with E-state index in [0.717, 1.165) is 9.54 Å². The molecular formula is C13H10ClN3O3S. The van der Waals surface area contributed by atoms with Crippen molar-refractivity contribution in [2.45, 2.75) is 11.8 Å². The second-order valence-electron chi connectivity index (χ2n) is 4.52. The third-order valence-electron chi connectivity index (χ3n) is 3.07. The third kappa shape index (κ3) is 2.24. The monoisotopic (exact) mass is 323 g/mol. The highest BCUT2D eigenvalue weighted by molar-refractivity contribution is 7.90. The fourth-order valence-corrected chi connectivity index (χ4v) is 3.45. The molecular weight excluding hydrogens is 314 g/mol. The molecule has 0 aliphatic rings. The molecule has 2 heterocycles. The van der Waals surface area contributed by atoms with Crippen LogP contribution in [0.3, 0.4) is 0 Å². The number of halogens is 1. The Bertz CT molecular complexity index is 988. The molecule has 0 saturated heterocycles. The van der Waals surface area contributed by atoms with Crippen LogP contribution in [0.5, 0.6) is 0 Å². The fraction of sp³-hybridized carbons (Fsp3) is 0.0769. The fourth-order valence-electron chi connectivity index (χ4n) is 1.99. The topological polar surface area (TPSA) is 84.8 Å². The minimum Gasteiger partial charge on any atom is -0.297 e. The molecule has 0 atom stereocenters. The summed E-state index contributed by atoms with van der Waals surface area (Å²) in [5.74, 6) is 0. The van der Waals surface area contributed by atoms with Crippen LogP contribution in [0.2, 0.25) is 5.28 Å². The van der Waals surface area contributed by atoms with Crippen LogP contribution in [0, 0.1) is 6.92 Å². The number of rotatable bonds is 2. The van der Waals surface area contributed by atoms with Gasteiger partial charge in [0.15, 0.2) is 5.65 Å². The molecule has 108 valence electrons. The van der Waals surface area contributed by atoms with Crippen LogP contribution in [0.15, 0.2) is 46.2 Å². The molecule has 1 aromatic carbocycles. The molecule has 3 aromatic rings. The van der Waals surface area contributed by atoms with E-state index in [-0.39, 0.29) is 21.2 Å². The summed E-state index contributed by atoms with van der Waals surface area (Å²) in [6, 6.07) is 7.80. The smallest absolute Gasteiger partial charge is 0.269 e. The number of aromatic amines is 1. The van der Waals surface area contributed by atoms with Crippen LogP contribution < -0.4 is 5.56 Å². The van der Waals surface area contributed by atoms with E-state index in [0.29, 0.717) is 0 Å². The summed E-state index contributed by atoms with van der Waals surface area (Å²) in [6.45, 7) is 1.86. The molecule has 0 fully saturated rings. The van der Waals surface area contributed by atoms with Crippen molar-refractivity contribution in [2.24, 2.45) is 0 Å². The van der Waals surface area contributed by atoms with Crippen molar-refractivity contribution in [3.63, 3.8) is 0 Å². The molecule has 21 heavy (non-hydrogen) atoms. The Balaban J connectivity index is 2.29. The number of aromatic nitrogens is 3. The lowest BCUT2D eigenvalue weighted by Gasteiger charge is -2.07. The zero-order valence-electron chi connectivity index (χ0n) is 10.9. The number of benzene rings is 1. The molecule has 8 heteroatoms. The lowest BCUT2D eigenvalue weighted by Crippen LogP contribution is -2.14. The van der Waals surface area contributed by atoms with Crippen molar-refractivity contribution in [1.29, 1.82) is 0 Å². The first kappa shape index (κ1) is 13.8. The Morgan fingerprint density at radius 3 is 2.52 bits per heavy atom. The van der Waals surface area contributed by atoms with Gasteiger partial charge in [-0.1, -0.05) is 17.7 Å². The maximum Gasteiger partial charge on any atom is 0.269 e. The molecule has 6 nitrogen and oxygen atoms in total. The number of aryl methyl sites for hydroxylation is 1. The van der Waals surface area contributed by atoms with Gasteiger partial charge in [0.2, 0.25) is 5.28 Å². The Kier molecular flexibility index (Phi) is 3.11. The third-order valence-corrected chi connectivity index (χ3v) is 4.93. The first-order valence-electron chi connectivity index (χ1n) is 5.99. The van der Waals surface area contributed by atoms with E-state index in [9.17, 15) is 13.2 Å². The van der Waals surface area contributed by atoms with Gasteiger partial charge >= 0.3 is 0 Å². The molecule has 2 aromatic heterocycles. The molecule has 0 bridgehead atoms. The average Bonchev–Trinajstić information content (AvgIpc) is 2.83. The maximum absolute atomic E-state index is 12.6. The molecule has 0 aliphatic carbocycles. The zero-order chi connectivity index (χ0) is 15.2. The highest BCUT2D eigenvalue weighted by atomic mass is 35.5. The predicted octanol–water partition coefficient (Wildman–Crippen LogP) is 1.92. The number of hydrogen-bond acceptors (Lipinski definition) is 4. The summed E-state index contributed by atoms with van der Waals surface area (Å²) >= 11 is 5.69. The number of nitrogens with zero attached hydrogens (tertiary/aromatic N) is 2. The minimum absolute atomic E-state index is 0.00400. The van der Waals surface area contributed by atoms with Gasteiger partial charge in [0.05, 0.1) is 10.3 Å². The molecule has 0 radical (unpaired) electrons. The normalized spacial score (nSPS) is 11.9. The second kappa shape index (κ2) is 4.71. The van der Waals surface area contributed by atoms with E-state index in [1.807, 2.05) is 6.92 Å². The first-order valence-corrected chi connectivity index (χ1v) is 7.80. The molecule has 0 amide bonds. The largest absolute Gasteiger partial charge is 0.297 e. The van der Waals surface area contributed by atoms with Gasteiger partial charge in [-0.05, 0) is 36.7 Å². The lowest BCUT2D eigenvalue weighted by molar-refractivity contribution is 0.588. The van der Waals surface area contributed by atoms with Gasteiger partial charge in [0.25, 0.3) is 15.6 Å². The van der Waals surface area contributed by atoms with Gasteiger partial charge in [-0.3, -0.25) is 9.78 Å². The lowest BCUT2D eigenvalue weighted by atomic mass is 10.2. The van der Waals surface area contributed by atoms with Crippen LogP contribution >= 0.6 is 11.6 Å². The number of fused-ring (bicyclic) bond motifs is 1. The van der Waals surface area contributed by atoms with Crippen LogP contribution in [0.1, 0.15) is 5.56 Å². The van der Waals surface area contributed by atoms with Gasteiger partial charge in [-0.2, -0.15) is 4.98 Å². The summed E-state index contributed by atoms with van der Waals surface area (Å²) in [5, 5.41) is 0.00152. The van der Waals surface area contributed by atoms with Crippen molar-refractivity contribution >= 4 is 32.7 Å². The Hall–Kier alpha value is -2.12. The highest BCUT2D eigenvalue weighted by Gasteiger charge is 2.20. The van der Waals surface area contributed by atoms with Crippen molar-refractivity contribution < 1.29 is 8.42 Å². The highest BCUT2D eigenvalue weighted by Crippen LogP contribution is 2.20. The van der Waals surface area contributed by atoms with Gasteiger partial charge in [-0.15, -0.1) is 0 Å². The van der Waals surface area contributed by atoms with Crippen molar-refractivity contribution in [3.8, 4) is 0 Å². The minimum atomic E-state index is -3.83. The standard InChI is InChI=1S/C13H10ClN3O3S/c1-8-2-4-9(5-3-8)21(19,20)17-7-6-10-11(17)15-13(14)16-12(10)18/h2-7H,1H3,(H,15,16,18). The summed E-state index contributed by atoms with van der Waals surface area (Å²) in [4.78, 5) is 18.1. The molecule has 1 N–H and O–H groups in total. The second-order valence-corrected chi connectivity index (χ2v) is 6.70. The van der Waals surface area contributed by atoms with Gasteiger partial charge in [-0.25, -0.2) is 12.4 Å². The van der Waals surface area contributed by atoms with Crippen LogP contribution in [-0.2, 0) is 10.0 Å². The van der Waals surface area contributed by atoms with Gasteiger partial charge in [0.1, 0.15) is 0 Å². The Morgan fingerprint density at radius 2 is 1.86 bits per heavy atom. The summed E-state index contributed by atoms with van der Waals surface area (Å²) in [6.07, 6.45) is 1.29. The predicted molar refractivity (Wildman–Crippen MR) is 79.1 cm³/mol. The average molecular weight is 324 g/mol. The van der Waals surface area contributed by atoms with Crippen LogP contribution in [-0.4, -0.2) is 22.4 Å². The first-order chi connectivity index (χ1) is 9.89. The molecule has 0 saturated carbocycles. The van der Waals surface area contributed by atoms with E-state index in [1.54, 1.807) is 12.1 Å². The quantitative estimate of drug-likeness (QED) is 0.730. The molecule has 3 rings (SSSR count). The van der Waals surface area contributed by atoms with Crippen molar-refractivity contribution in [3.05, 3.63) is 57.7 Å². The zero-order valence-corrected chi connectivity index (χ0v) is 12.4. The summed E-state index contributed by atoms with van der Waals surface area (Å²) < 4.78 is 26.2. The Labute approximate surface area is 125 Å². The number of nitrogens with one attached hydrogen (secondary N) is 1. The van der Waals surface area contributed by atoms with E-state index in [1.165, 1.54) is 24.4 Å². The van der Waals surface area contributed by atoms with Gasteiger partial charge < -0.3 is 0 Å². The van der Waals surface area contributed by atoms with E-state index in [2.05, 4.69) is 9.97 Å². The summed E-state index contributed by atoms with van der Waals surface area (Å²) in [7, 11) is -3.83. The Morgan fingerprint density at radius 1 is 1.19 bits per heavy atom. The summed E-state index contributed by atoms with van der Waals surface area (Å²) in [5.41, 5.74) is 0.469.